The Morgan fingerprint density at radius 1 is 0.941 bits per heavy atom. The van der Waals surface area contributed by atoms with E-state index in [4.69, 9.17) is 4.74 Å². The SMILES string of the molecule is O=S(=[OH+])(NCCNCCOc1ccc(F)cc1-c1ccccc1F)c1cccc2cnccc12. The van der Waals surface area contributed by atoms with Gasteiger partial charge in [0, 0.05) is 53.9 Å². The second-order valence-corrected chi connectivity index (χ2v) is 9.27. The molecule has 0 bridgehead atoms. The zero-order chi connectivity index (χ0) is 24.0. The zero-order valence-electron chi connectivity index (χ0n) is 18.2. The minimum Gasteiger partial charge on any atom is -0.492 e. The molecule has 1 unspecified atom stereocenters. The van der Waals surface area contributed by atoms with E-state index < -0.39 is 21.7 Å². The van der Waals surface area contributed by atoms with Crippen LogP contribution in [0.5, 0.6) is 5.75 Å². The summed E-state index contributed by atoms with van der Waals surface area (Å²) in [6.45, 7) is 1.34. The fourth-order valence-corrected chi connectivity index (χ4v) is 4.85. The second-order valence-electron chi connectivity index (χ2n) is 7.49. The van der Waals surface area contributed by atoms with Gasteiger partial charge in [-0.3, -0.25) is 4.98 Å². The summed E-state index contributed by atoms with van der Waals surface area (Å²) in [5, 5.41) is 4.57. The van der Waals surface area contributed by atoms with Gasteiger partial charge in [0.05, 0.1) is 0 Å². The fraction of sp³-hybridized carbons (Fsp3) is 0.160. The van der Waals surface area contributed by atoms with Gasteiger partial charge in [0.15, 0.2) is 0 Å². The molecule has 0 amide bonds. The second kappa shape index (κ2) is 10.7. The van der Waals surface area contributed by atoms with Crippen molar-refractivity contribution in [3.63, 3.8) is 0 Å². The molecule has 1 atom stereocenters. The van der Waals surface area contributed by atoms with E-state index in [1.807, 2.05) is 6.07 Å². The van der Waals surface area contributed by atoms with Crippen LogP contribution in [0.15, 0.2) is 84.0 Å². The lowest BCUT2D eigenvalue weighted by atomic mass is 10.0. The number of pyridine rings is 1. The van der Waals surface area contributed by atoms with Crippen LogP contribution in [0, 0.1) is 11.6 Å². The molecule has 0 saturated heterocycles. The lowest BCUT2D eigenvalue weighted by Crippen LogP contribution is -2.33. The maximum Gasteiger partial charge on any atom is 0.373 e. The normalized spacial score (nSPS) is 13.0. The number of benzene rings is 3. The Morgan fingerprint density at radius 3 is 2.65 bits per heavy atom. The van der Waals surface area contributed by atoms with Crippen LogP contribution < -0.4 is 14.8 Å². The molecule has 1 heterocycles. The first-order chi connectivity index (χ1) is 16.5. The molecule has 0 aliphatic rings. The van der Waals surface area contributed by atoms with Gasteiger partial charge in [0.25, 0.3) is 0 Å². The number of nitrogens with one attached hydrogen (secondary N) is 2. The number of rotatable bonds is 10. The van der Waals surface area contributed by atoms with Crippen molar-refractivity contribution in [3.8, 4) is 16.9 Å². The summed E-state index contributed by atoms with van der Waals surface area (Å²) in [6, 6.07) is 17.0. The van der Waals surface area contributed by atoms with Crippen LogP contribution in [0.25, 0.3) is 21.9 Å². The average Bonchev–Trinajstić information content (AvgIpc) is 2.84. The Kier molecular flexibility index (Phi) is 7.46. The van der Waals surface area contributed by atoms with Gasteiger partial charge < -0.3 is 10.1 Å². The highest BCUT2D eigenvalue weighted by atomic mass is 32.2. The van der Waals surface area contributed by atoms with Gasteiger partial charge in [0.1, 0.15) is 28.9 Å². The van der Waals surface area contributed by atoms with Crippen molar-refractivity contribution in [2.45, 2.75) is 4.90 Å². The molecule has 4 rings (SSSR count). The number of nitrogens with zero attached hydrogens (tertiary/aromatic N) is 1. The molecule has 0 aliphatic heterocycles. The predicted molar refractivity (Wildman–Crippen MR) is 128 cm³/mol. The zero-order valence-corrected chi connectivity index (χ0v) is 19.0. The minimum atomic E-state index is -3.44. The molecule has 0 radical (unpaired) electrons. The molecule has 1 aromatic heterocycles. The summed E-state index contributed by atoms with van der Waals surface area (Å²) in [5.74, 6) is -0.572. The summed E-state index contributed by atoms with van der Waals surface area (Å²) >= 11 is 0. The topological polar surface area (TPSA) is 84.7 Å². The highest BCUT2D eigenvalue weighted by molar-refractivity contribution is 7.89. The largest absolute Gasteiger partial charge is 0.492 e. The molecular formula is C25H24F2N3O3S+. The third-order valence-electron chi connectivity index (χ3n) is 5.18. The van der Waals surface area contributed by atoms with Crippen molar-refractivity contribution in [2.75, 3.05) is 26.2 Å². The maximum absolute atomic E-state index is 14.2. The van der Waals surface area contributed by atoms with E-state index in [2.05, 4.69) is 15.0 Å². The van der Waals surface area contributed by atoms with Crippen LogP contribution in [-0.2, 0) is 10.0 Å². The van der Waals surface area contributed by atoms with Crippen LogP contribution in [0.1, 0.15) is 0 Å². The molecule has 9 heteroatoms. The molecule has 3 N–H and O–H groups in total. The molecule has 0 spiro atoms. The van der Waals surface area contributed by atoms with Crippen molar-refractivity contribution >= 4 is 20.8 Å². The van der Waals surface area contributed by atoms with E-state index in [0.717, 1.165) is 5.39 Å². The Morgan fingerprint density at radius 2 is 1.79 bits per heavy atom. The summed E-state index contributed by atoms with van der Waals surface area (Å²) in [6.07, 6.45) is 3.23. The maximum atomic E-state index is 14.2. The lowest BCUT2D eigenvalue weighted by molar-refractivity contribution is 0.315. The van der Waals surface area contributed by atoms with Crippen molar-refractivity contribution in [1.29, 1.82) is 0 Å². The summed E-state index contributed by atoms with van der Waals surface area (Å²) < 4.78 is 59.7. The third-order valence-corrected chi connectivity index (χ3v) is 6.73. The van der Waals surface area contributed by atoms with E-state index in [9.17, 15) is 17.2 Å². The van der Waals surface area contributed by atoms with Gasteiger partial charge in [-0.1, -0.05) is 30.3 Å². The van der Waals surface area contributed by atoms with Gasteiger partial charge >= 0.3 is 10.0 Å². The van der Waals surface area contributed by atoms with E-state index in [1.165, 1.54) is 24.3 Å². The van der Waals surface area contributed by atoms with Gasteiger partial charge in [0.2, 0.25) is 0 Å². The Balaban J connectivity index is 1.28. The first-order valence-electron chi connectivity index (χ1n) is 10.7. The Bertz CT molecular complexity index is 1390. The number of aromatic nitrogens is 1. The van der Waals surface area contributed by atoms with Crippen LogP contribution in [0.2, 0.25) is 0 Å². The molecule has 0 fully saturated rings. The molecule has 4 aromatic rings. The summed E-state index contributed by atoms with van der Waals surface area (Å²) in [5.41, 5.74) is 0.598. The standard InChI is InChI=1S/C25H23F2N3O3S/c26-19-8-9-24(22(16-19)21-5-1-2-6-23(21)27)33-15-14-28-12-13-30-34(31,32)25-7-3-4-18-17-29-11-10-20(18)25/h1-11,16-17,28H,12-15H2,(H,30,31,32)/p+1. The number of ether oxygens (including phenoxy) is 1. The van der Waals surface area contributed by atoms with Crippen molar-refractivity contribution in [3.05, 3.63) is 90.8 Å². The first kappa shape index (κ1) is 23.7. The molecule has 6 nitrogen and oxygen atoms in total. The smallest absolute Gasteiger partial charge is 0.373 e. The summed E-state index contributed by atoms with van der Waals surface area (Å²) in [7, 11) is -3.44. The van der Waals surface area contributed by atoms with Crippen LogP contribution in [0.4, 0.5) is 8.78 Å². The van der Waals surface area contributed by atoms with E-state index in [-0.39, 0.29) is 18.7 Å². The number of halogens is 2. The third kappa shape index (κ3) is 5.56. The number of fused-ring (bicyclic) bond motifs is 1. The fourth-order valence-electron chi connectivity index (χ4n) is 3.57. The highest BCUT2D eigenvalue weighted by Gasteiger charge is 2.22. The average molecular weight is 485 g/mol. The van der Waals surface area contributed by atoms with Gasteiger partial charge in [-0.15, -0.1) is 0 Å². The van der Waals surface area contributed by atoms with Crippen LogP contribution in [0.3, 0.4) is 0 Å². The molecule has 0 saturated carbocycles. The van der Waals surface area contributed by atoms with Gasteiger partial charge in [-0.05, 0) is 36.4 Å². The van der Waals surface area contributed by atoms with E-state index in [0.29, 0.717) is 34.7 Å². The van der Waals surface area contributed by atoms with Crippen molar-refractivity contribution in [2.24, 2.45) is 0 Å². The highest BCUT2D eigenvalue weighted by Crippen LogP contribution is 2.32. The first-order valence-corrected chi connectivity index (χ1v) is 12.2. The predicted octanol–water partition coefficient (Wildman–Crippen LogP) is 4.28. The van der Waals surface area contributed by atoms with Crippen LogP contribution in [-0.4, -0.2) is 39.6 Å². The Labute approximate surface area is 196 Å². The Hall–Kier alpha value is -3.40. The summed E-state index contributed by atoms with van der Waals surface area (Å²) in [4.78, 5) is 4.35. The van der Waals surface area contributed by atoms with Crippen LogP contribution >= 0.6 is 0 Å². The number of hydrogen-bond acceptors (Lipinski definition) is 4. The number of hydrogen-bond donors (Lipinski definition) is 2. The lowest BCUT2D eigenvalue weighted by Gasteiger charge is -2.13. The van der Waals surface area contributed by atoms with Gasteiger partial charge in [-0.25, -0.2) is 13.0 Å². The molecule has 34 heavy (non-hydrogen) atoms. The molecule has 3 aromatic carbocycles. The molecular weight excluding hydrogens is 460 g/mol. The van der Waals surface area contributed by atoms with Crippen molar-refractivity contribution < 1.29 is 21.9 Å². The van der Waals surface area contributed by atoms with Gasteiger partial charge in [-0.2, -0.15) is 8.93 Å². The minimum absolute atomic E-state index is 0.244. The molecule has 0 aliphatic carbocycles. The quantitative estimate of drug-likeness (QED) is 0.260. The van der Waals surface area contributed by atoms with Crippen molar-refractivity contribution in [1.82, 2.24) is 15.0 Å². The molecule has 176 valence electrons. The van der Waals surface area contributed by atoms with E-state index >= 15 is 0 Å². The van der Waals surface area contributed by atoms with E-state index in [1.54, 1.807) is 48.8 Å². The monoisotopic (exact) mass is 484 g/mol.